The highest BCUT2D eigenvalue weighted by molar-refractivity contribution is 7.11. The Morgan fingerprint density at radius 1 is 0.420 bits per heavy atom. The van der Waals surface area contributed by atoms with Crippen LogP contribution >= 0.6 is 0 Å². The van der Waals surface area contributed by atoms with Crippen molar-refractivity contribution in [3.63, 3.8) is 0 Å². The number of aromatic nitrogens is 1. The maximum Gasteiger partial charge on any atom is 0.240 e. The molecule has 1 nitrogen and oxygen atoms in total. The van der Waals surface area contributed by atoms with E-state index in [1.54, 1.807) is 0 Å². The first kappa shape index (κ1) is 29.4. The Hall–Kier alpha value is -5.53. The molecule has 2 aromatic heterocycles. The molecule has 0 aliphatic carbocycles. The van der Waals surface area contributed by atoms with Crippen LogP contribution < -0.4 is 32.8 Å². The molecule has 0 N–H and O–H groups in total. The molecule has 0 unspecified atom stereocenters. The number of para-hydroxylation sites is 2. The van der Waals surface area contributed by atoms with Crippen molar-refractivity contribution in [2.75, 3.05) is 0 Å². The summed E-state index contributed by atoms with van der Waals surface area (Å²) in [5, 5.41) is 5.30. The molecular formula is C47H37B2N. The third-order valence-corrected chi connectivity index (χ3v) is 11.7. The second kappa shape index (κ2) is 10.7. The monoisotopic (exact) mass is 637 g/mol. The molecule has 3 heteroatoms. The number of benzene rings is 7. The maximum absolute atomic E-state index is 2.48. The molecule has 0 saturated heterocycles. The average molecular weight is 637 g/mol. The highest BCUT2D eigenvalue weighted by Crippen LogP contribution is 2.43. The quantitative estimate of drug-likeness (QED) is 0.178. The van der Waals surface area contributed by atoms with E-state index < -0.39 is 0 Å². The summed E-state index contributed by atoms with van der Waals surface area (Å²) in [4.78, 5) is 0. The maximum atomic E-state index is 2.48. The second-order valence-electron chi connectivity index (χ2n) is 14.7. The number of hydrogen-bond acceptors (Lipinski definition) is 0. The molecule has 236 valence electrons. The molecule has 0 fully saturated rings. The van der Waals surface area contributed by atoms with Crippen molar-refractivity contribution in [2.24, 2.45) is 0 Å². The van der Waals surface area contributed by atoms with Crippen molar-refractivity contribution in [3.05, 3.63) is 161 Å². The lowest BCUT2D eigenvalue weighted by atomic mass is 9.20. The summed E-state index contributed by atoms with van der Waals surface area (Å²) in [6, 6.07) is 50.6. The van der Waals surface area contributed by atoms with E-state index >= 15 is 0 Å². The summed E-state index contributed by atoms with van der Waals surface area (Å²) in [5.74, 6) is 0. The minimum absolute atomic E-state index is 0.166. The summed E-state index contributed by atoms with van der Waals surface area (Å²) in [7, 11) is 0. The molecule has 0 amide bonds. The highest BCUT2D eigenvalue weighted by atomic mass is 14.9. The summed E-state index contributed by atoms with van der Waals surface area (Å²) < 4.78 is 2.48. The Kier molecular flexibility index (Phi) is 6.31. The molecule has 10 rings (SSSR count). The zero-order valence-electron chi connectivity index (χ0n) is 29.3. The van der Waals surface area contributed by atoms with Crippen LogP contribution in [0.25, 0.3) is 49.2 Å². The molecule has 9 aromatic rings. The molecule has 0 bridgehead atoms. The Morgan fingerprint density at radius 3 is 1.40 bits per heavy atom. The van der Waals surface area contributed by atoms with E-state index in [0.29, 0.717) is 0 Å². The Labute approximate surface area is 294 Å². The van der Waals surface area contributed by atoms with Gasteiger partial charge in [-0.2, -0.15) is 0 Å². The first-order valence-electron chi connectivity index (χ1n) is 17.9. The highest BCUT2D eigenvalue weighted by Gasteiger charge is 2.40. The van der Waals surface area contributed by atoms with Crippen molar-refractivity contribution in [3.8, 4) is 11.1 Å². The van der Waals surface area contributed by atoms with Crippen LogP contribution in [0.3, 0.4) is 0 Å². The van der Waals surface area contributed by atoms with Gasteiger partial charge in [0.1, 0.15) is 0 Å². The van der Waals surface area contributed by atoms with Crippen LogP contribution in [0.2, 0.25) is 0 Å². The van der Waals surface area contributed by atoms with Gasteiger partial charge in [0.25, 0.3) is 0 Å². The van der Waals surface area contributed by atoms with Crippen LogP contribution in [0.15, 0.2) is 133 Å². The summed E-state index contributed by atoms with van der Waals surface area (Å²) in [5.41, 5.74) is 21.8. The van der Waals surface area contributed by atoms with E-state index in [0.717, 1.165) is 0 Å². The van der Waals surface area contributed by atoms with Gasteiger partial charge in [-0.25, -0.2) is 0 Å². The van der Waals surface area contributed by atoms with Gasteiger partial charge < -0.3 is 4.40 Å². The van der Waals surface area contributed by atoms with Crippen LogP contribution in [-0.2, 0) is 0 Å². The van der Waals surface area contributed by atoms with Gasteiger partial charge in [0.2, 0.25) is 13.4 Å². The number of fused-ring (bicyclic) bond motifs is 8. The normalized spacial score (nSPS) is 12.8. The van der Waals surface area contributed by atoms with Crippen LogP contribution in [0.4, 0.5) is 0 Å². The predicted octanol–water partition coefficient (Wildman–Crippen LogP) is 7.39. The van der Waals surface area contributed by atoms with Crippen molar-refractivity contribution < 1.29 is 0 Å². The van der Waals surface area contributed by atoms with E-state index in [2.05, 4.69) is 172 Å². The van der Waals surface area contributed by atoms with E-state index in [9.17, 15) is 0 Å². The van der Waals surface area contributed by atoms with E-state index in [1.807, 2.05) is 0 Å². The lowest BCUT2D eigenvalue weighted by molar-refractivity contribution is 1.35. The number of aryl methyl sites for hydroxylation is 5. The molecular weight excluding hydrogens is 600 g/mol. The van der Waals surface area contributed by atoms with E-state index in [-0.39, 0.29) is 13.4 Å². The van der Waals surface area contributed by atoms with Gasteiger partial charge in [0.15, 0.2) is 0 Å². The lowest BCUT2D eigenvalue weighted by Gasteiger charge is -2.34. The zero-order chi connectivity index (χ0) is 33.8. The topological polar surface area (TPSA) is 4.41 Å². The van der Waals surface area contributed by atoms with Crippen molar-refractivity contribution in [1.82, 2.24) is 4.40 Å². The van der Waals surface area contributed by atoms with Crippen LogP contribution in [0.5, 0.6) is 0 Å². The van der Waals surface area contributed by atoms with E-state index in [1.165, 1.54) is 110 Å². The SMILES string of the molecule is Cc1cc(C)c(B2c3ccccc3B(c3c(C)cc(-c4ccc5c6ccccc6n6c7ccccc7c4c56)cc3C)c3ccccc32)c(C)c1. The van der Waals surface area contributed by atoms with Gasteiger partial charge in [-0.3, -0.25) is 0 Å². The molecule has 3 heterocycles. The molecule has 7 aromatic carbocycles. The number of rotatable bonds is 3. The first-order chi connectivity index (χ1) is 24.4. The van der Waals surface area contributed by atoms with E-state index in [4.69, 9.17) is 0 Å². The van der Waals surface area contributed by atoms with Crippen LogP contribution in [0.1, 0.15) is 27.8 Å². The van der Waals surface area contributed by atoms with Gasteiger partial charge >= 0.3 is 0 Å². The lowest BCUT2D eigenvalue weighted by Crippen LogP contribution is -2.75. The molecule has 0 radical (unpaired) electrons. The van der Waals surface area contributed by atoms with Gasteiger partial charge in [0, 0.05) is 21.5 Å². The molecule has 0 atom stereocenters. The van der Waals surface area contributed by atoms with Gasteiger partial charge in [0.05, 0.1) is 16.6 Å². The third kappa shape index (κ3) is 3.98. The molecule has 0 saturated carbocycles. The van der Waals surface area contributed by atoms with Crippen molar-refractivity contribution in [1.29, 1.82) is 0 Å². The fourth-order valence-electron chi connectivity index (χ4n) is 9.96. The van der Waals surface area contributed by atoms with Gasteiger partial charge in [-0.05, 0) is 57.9 Å². The molecule has 0 spiro atoms. The fourth-order valence-corrected chi connectivity index (χ4v) is 9.96. The van der Waals surface area contributed by atoms with Crippen LogP contribution in [-0.4, -0.2) is 17.8 Å². The van der Waals surface area contributed by atoms with Crippen molar-refractivity contribution in [2.45, 2.75) is 34.6 Å². The zero-order valence-corrected chi connectivity index (χ0v) is 29.3. The predicted molar refractivity (Wildman–Crippen MR) is 219 cm³/mol. The standard InChI is InChI=1S/C47H37B2N/c1-28-24-29(2)45(30(3)25-28)48-38-16-8-10-18-40(38)49(41-19-11-9-17-39(41)48)46-31(4)26-33(27-32(46)5)34-22-23-36-35-14-6-12-20-42(35)50-43-21-13-7-15-37(43)44(34)47(36)50/h6-27H,1-5H3. The minimum atomic E-state index is 0.166. The largest absolute Gasteiger partial charge is 0.308 e. The molecule has 50 heavy (non-hydrogen) atoms. The third-order valence-electron chi connectivity index (χ3n) is 11.7. The Bertz CT molecular complexity index is 2750. The smallest absolute Gasteiger partial charge is 0.240 e. The summed E-state index contributed by atoms with van der Waals surface area (Å²) >= 11 is 0. The fraction of sp³-hybridized carbons (Fsp3) is 0.106. The minimum Gasteiger partial charge on any atom is -0.308 e. The van der Waals surface area contributed by atoms with Crippen molar-refractivity contribution >= 4 is 84.3 Å². The Balaban J connectivity index is 1.19. The number of hydrogen-bond donors (Lipinski definition) is 0. The van der Waals surface area contributed by atoms with Gasteiger partial charge in [-0.1, -0.05) is 182 Å². The summed E-state index contributed by atoms with van der Waals surface area (Å²) in [6.07, 6.45) is 0. The average Bonchev–Trinajstić information content (AvgIpc) is 3.64. The van der Waals surface area contributed by atoms with Gasteiger partial charge in [-0.15, -0.1) is 0 Å². The molecule has 1 aliphatic rings. The van der Waals surface area contributed by atoms with Crippen LogP contribution in [0, 0.1) is 34.6 Å². The summed E-state index contributed by atoms with van der Waals surface area (Å²) in [6.45, 7) is 11.8. The number of nitrogens with zero attached hydrogens (tertiary/aromatic N) is 1. The Morgan fingerprint density at radius 2 is 0.860 bits per heavy atom. The second-order valence-corrected chi connectivity index (χ2v) is 14.7. The molecule has 1 aliphatic heterocycles. The first-order valence-corrected chi connectivity index (χ1v) is 17.9.